The van der Waals surface area contributed by atoms with Crippen LogP contribution in [0.3, 0.4) is 0 Å². The van der Waals surface area contributed by atoms with Crippen LogP contribution in [0, 0.1) is 17.6 Å². The Labute approximate surface area is 276 Å². The van der Waals surface area contributed by atoms with Crippen LogP contribution in [0.15, 0.2) is 29.2 Å². The Kier molecular flexibility index (Phi) is 9.81. The fourth-order valence-electron chi connectivity index (χ4n) is 6.50. The molecule has 2 saturated heterocycles. The maximum atomic E-state index is 14.2. The van der Waals surface area contributed by atoms with Gasteiger partial charge >= 0.3 is 12.1 Å². The largest absolute Gasteiger partial charge is 0.451 e. The lowest BCUT2D eigenvalue weighted by molar-refractivity contribution is -0.157. The second kappa shape index (κ2) is 13.5. The Balaban J connectivity index is 1.40. The van der Waals surface area contributed by atoms with E-state index in [1.165, 1.54) is 23.9 Å². The number of nitrogens with zero attached hydrogens (tertiary/aromatic N) is 4. The molecule has 0 unspecified atom stereocenters. The molecule has 3 atom stereocenters. The predicted octanol–water partition coefficient (Wildman–Crippen LogP) is 3.09. The van der Waals surface area contributed by atoms with Gasteiger partial charge in [-0.1, -0.05) is 19.9 Å². The number of fused-ring (bicyclic) bond motifs is 4. The van der Waals surface area contributed by atoms with E-state index < -0.39 is 71.0 Å². The highest BCUT2D eigenvalue weighted by atomic mass is 19.1. The first-order valence-corrected chi connectivity index (χ1v) is 15.9. The zero-order valence-corrected chi connectivity index (χ0v) is 27.9. The normalized spacial score (nSPS) is 19.4. The van der Waals surface area contributed by atoms with E-state index in [4.69, 9.17) is 14.2 Å². The minimum Gasteiger partial charge on any atom is -0.451 e. The highest BCUT2D eigenvalue weighted by Crippen LogP contribution is 2.35. The number of aromatic nitrogens is 1. The summed E-state index contributed by atoms with van der Waals surface area (Å²) in [5.74, 6) is -4.71. The Bertz CT molecular complexity index is 1670. The van der Waals surface area contributed by atoms with Crippen molar-refractivity contribution in [2.45, 2.75) is 84.4 Å². The number of halogens is 2. The van der Waals surface area contributed by atoms with Gasteiger partial charge in [-0.15, -0.1) is 0 Å². The average molecular weight is 674 g/mol. The second-order valence-corrected chi connectivity index (χ2v) is 13.6. The van der Waals surface area contributed by atoms with Crippen molar-refractivity contribution in [1.29, 1.82) is 0 Å². The first kappa shape index (κ1) is 34.8. The maximum Gasteiger partial charge on any atom is 0.410 e. The summed E-state index contributed by atoms with van der Waals surface area (Å²) >= 11 is 0. The zero-order chi connectivity index (χ0) is 35.1. The number of amides is 3. The monoisotopic (exact) mass is 673 g/mol. The van der Waals surface area contributed by atoms with Crippen LogP contribution in [0.25, 0.3) is 0 Å². The molecule has 4 heterocycles. The standard InChI is InChI=1S/C33H41F2N5O8/c1-18(2)25(37(6)32(45)48-33(3,4)5)31(44)47-17-46-28-26-30(43)40-14-21-8-7-11-39(21)24(40)16-38(26)15-22(27(28)41)29(42)36-13-19-9-10-20(34)12-23(19)35/h9-10,12,15,18,21,24-25H,7-8,11,13-14,16-17H2,1-6H3,(H,36,42)/t21-,24+,25+/m1/s1. The molecule has 3 amide bonds. The quantitative estimate of drug-likeness (QED) is 0.314. The molecule has 1 aromatic carbocycles. The lowest BCUT2D eigenvalue weighted by atomic mass is 10.0. The van der Waals surface area contributed by atoms with Gasteiger partial charge < -0.3 is 29.0 Å². The molecule has 1 aromatic heterocycles. The van der Waals surface area contributed by atoms with E-state index in [1.54, 1.807) is 39.5 Å². The van der Waals surface area contributed by atoms with Crippen molar-refractivity contribution in [3.63, 3.8) is 0 Å². The predicted molar refractivity (Wildman–Crippen MR) is 167 cm³/mol. The van der Waals surface area contributed by atoms with Gasteiger partial charge in [0.05, 0.1) is 6.54 Å². The van der Waals surface area contributed by atoms with Crippen LogP contribution in [-0.4, -0.2) is 93.9 Å². The van der Waals surface area contributed by atoms with Gasteiger partial charge in [0.2, 0.25) is 18.0 Å². The molecule has 2 aromatic rings. The molecule has 0 radical (unpaired) electrons. The summed E-state index contributed by atoms with van der Waals surface area (Å²) in [4.78, 5) is 71.8. The van der Waals surface area contributed by atoms with Crippen LogP contribution in [0.2, 0.25) is 0 Å². The van der Waals surface area contributed by atoms with Gasteiger partial charge in [0.15, 0.2) is 5.69 Å². The molecule has 48 heavy (non-hydrogen) atoms. The van der Waals surface area contributed by atoms with Crippen molar-refractivity contribution in [1.82, 2.24) is 24.6 Å². The third-order valence-corrected chi connectivity index (χ3v) is 8.71. The number of esters is 1. The highest BCUT2D eigenvalue weighted by molar-refractivity contribution is 5.99. The number of ether oxygens (including phenoxy) is 3. The molecule has 13 nitrogen and oxygen atoms in total. The van der Waals surface area contributed by atoms with E-state index in [0.717, 1.165) is 30.4 Å². The summed E-state index contributed by atoms with van der Waals surface area (Å²) in [5, 5.41) is 2.48. The number of rotatable bonds is 9. The van der Waals surface area contributed by atoms with Gasteiger partial charge in [0, 0.05) is 50.6 Å². The van der Waals surface area contributed by atoms with E-state index in [2.05, 4.69) is 10.2 Å². The summed E-state index contributed by atoms with van der Waals surface area (Å²) in [6.45, 7) is 8.90. The summed E-state index contributed by atoms with van der Waals surface area (Å²) < 4.78 is 45.5. The van der Waals surface area contributed by atoms with Crippen molar-refractivity contribution in [2.75, 3.05) is 26.9 Å². The van der Waals surface area contributed by atoms with Gasteiger partial charge in [-0.3, -0.25) is 24.2 Å². The van der Waals surface area contributed by atoms with Crippen LogP contribution in [0.4, 0.5) is 13.6 Å². The molecule has 1 N–H and O–H groups in total. The maximum absolute atomic E-state index is 14.2. The Hall–Kier alpha value is -4.53. The van der Waals surface area contributed by atoms with Gasteiger partial charge in [0.25, 0.3) is 11.8 Å². The first-order chi connectivity index (χ1) is 22.6. The van der Waals surface area contributed by atoms with Gasteiger partial charge in [-0.25, -0.2) is 18.4 Å². The second-order valence-electron chi connectivity index (χ2n) is 13.6. The van der Waals surface area contributed by atoms with Crippen LogP contribution >= 0.6 is 0 Å². The van der Waals surface area contributed by atoms with Crippen molar-refractivity contribution >= 4 is 23.9 Å². The summed E-state index contributed by atoms with van der Waals surface area (Å²) in [6.07, 6.45) is 2.17. The summed E-state index contributed by atoms with van der Waals surface area (Å²) in [6, 6.07) is 2.02. The molecule has 260 valence electrons. The molecule has 3 aliphatic heterocycles. The van der Waals surface area contributed by atoms with E-state index in [9.17, 15) is 32.8 Å². The third-order valence-electron chi connectivity index (χ3n) is 8.71. The van der Waals surface area contributed by atoms with Gasteiger partial charge in [0.1, 0.15) is 35.0 Å². The fraction of sp³-hybridized carbons (Fsp3) is 0.545. The molecule has 0 aliphatic carbocycles. The molecule has 5 rings (SSSR count). The Morgan fingerprint density at radius 1 is 1.12 bits per heavy atom. The number of likely N-dealkylation sites (N-methyl/N-ethyl adjacent to an activating group) is 1. The van der Waals surface area contributed by atoms with Crippen molar-refractivity contribution in [3.05, 3.63) is 63.1 Å². The van der Waals surface area contributed by atoms with Crippen LogP contribution in [0.1, 0.15) is 73.9 Å². The Morgan fingerprint density at radius 3 is 2.52 bits per heavy atom. The minimum atomic E-state index is -1.07. The SMILES string of the molecule is CC(C)[C@@H](C(=O)OCOc1c2n(cc(C(=O)NCc3ccc(F)cc3F)c1=O)C[C@@H]1N(C[C@H]3CCCN31)C2=O)N(C)C(=O)OC(C)(C)C. The number of pyridine rings is 1. The number of nitrogens with one attached hydrogen (secondary N) is 1. The highest BCUT2D eigenvalue weighted by Gasteiger charge is 2.48. The Morgan fingerprint density at radius 2 is 1.85 bits per heavy atom. The minimum absolute atomic E-state index is 0.000829. The van der Waals surface area contributed by atoms with E-state index in [1.807, 2.05) is 0 Å². The number of hydrogen-bond acceptors (Lipinski definition) is 9. The van der Waals surface area contributed by atoms with Gasteiger partial charge in [-0.05, 0) is 45.6 Å². The molecule has 3 aliphatic rings. The summed E-state index contributed by atoms with van der Waals surface area (Å²) in [5.41, 5.74) is -2.22. The van der Waals surface area contributed by atoms with Crippen molar-refractivity contribution < 1.29 is 42.2 Å². The topological polar surface area (TPSA) is 140 Å². The van der Waals surface area contributed by atoms with E-state index in [0.29, 0.717) is 12.6 Å². The van der Waals surface area contributed by atoms with E-state index >= 15 is 0 Å². The number of benzene rings is 1. The number of carbonyl (C=O) groups excluding carboxylic acids is 4. The van der Waals surface area contributed by atoms with Gasteiger partial charge in [-0.2, -0.15) is 0 Å². The van der Waals surface area contributed by atoms with Crippen molar-refractivity contribution in [2.24, 2.45) is 5.92 Å². The average Bonchev–Trinajstić information content (AvgIpc) is 3.59. The van der Waals surface area contributed by atoms with Crippen LogP contribution < -0.4 is 15.5 Å². The number of hydrogen-bond donors (Lipinski definition) is 1. The lowest BCUT2D eigenvalue weighted by Gasteiger charge is -2.36. The lowest BCUT2D eigenvalue weighted by Crippen LogP contribution is -2.51. The van der Waals surface area contributed by atoms with Crippen LogP contribution in [0.5, 0.6) is 5.75 Å². The summed E-state index contributed by atoms with van der Waals surface area (Å²) in [7, 11) is 1.40. The smallest absolute Gasteiger partial charge is 0.410 e. The van der Waals surface area contributed by atoms with Crippen molar-refractivity contribution in [3.8, 4) is 5.75 Å². The van der Waals surface area contributed by atoms with E-state index in [-0.39, 0.29) is 42.1 Å². The molecule has 0 bridgehead atoms. The molecule has 15 heteroatoms. The van der Waals surface area contributed by atoms with Crippen LogP contribution in [-0.2, 0) is 27.4 Å². The zero-order valence-electron chi connectivity index (χ0n) is 27.9. The molecule has 0 saturated carbocycles. The number of carbonyl (C=O) groups is 4. The fourth-order valence-corrected chi connectivity index (χ4v) is 6.50. The third kappa shape index (κ3) is 7.00. The molecule has 0 spiro atoms. The molecule has 2 fully saturated rings. The first-order valence-electron chi connectivity index (χ1n) is 15.9. The molecular formula is C33H41F2N5O8. The molecular weight excluding hydrogens is 632 g/mol.